The average Bonchev–Trinajstić information content (AvgIpc) is 2.51. The summed E-state index contributed by atoms with van der Waals surface area (Å²) in [4.78, 5) is 11.4. The Hall–Kier alpha value is -1.37. The van der Waals surface area contributed by atoms with Gasteiger partial charge in [-0.3, -0.25) is 0 Å². The molecule has 1 aromatic carbocycles. The third-order valence-corrected chi connectivity index (χ3v) is 6.64. The maximum absolute atomic E-state index is 11.4. The van der Waals surface area contributed by atoms with Crippen LogP contribution in [0.3, 0.4) is 0 Å². The number of rotatable bonds is 7. The Balaban J connectivity index is 2.83. The van der Waals surface area contributed by atoms with Crippen molar-refractivity contribution < 1.29 is 23.1 Å². The summed E-state index contributed by atoms with van der Waals surface area (Å²) in [5.74, 6) is 0.314. The molecule has 0 amide bonds. The Morgan fingerprint density at radius 1 is 1.15 bits per heavy atom. The van der Waals surface area contributed by atoms with Crippen molar-refractivity contribution in [3.63, 3.8) is 0 Å². The summed E-state index contributed by atoms with van der Waals surface area (Å²) in [6, 6.07) is 6.84. The van der Waals surface area contributed by atoms with E-state index in [1.54, 1.807) is 38.5 Å². The fraction of sp³-hybridized carbons (Fsp3) is 0.500. The Kier molecular flexibility index (Phi) is 6.19. The number of carbonyl (C=O) groups is 1. The molecule has 112 valence electrons. The minimum atomic E-state index is -2.37. The van der Waals surface area contributed by atoms with Gasteiger partial charge in [-0.25, -0.2) is 4.79 Å². The van der Waals surface area contributed by atoms with Crippen molar-refractivity contribution in [1.82, 2.24) is 0 Å². The molecule has 0 fully saturated rings. The van der Waals surface area contributed by atoms with Crippen molar-refractivity contribution in [2.24, 2.45) is 0 Å². The highest BCUT2D eigenvalue weighted by Crippen LogP contribution is 2.22. The number of esters is 1. The van der Waals surface area contributed by atoms with Gasteiger partial charge in [-0.15, -0.1) is 0 Å². The van der Waals surface area contributed by atoms with Crippen molar-refractivity contribution in [2.45, 2.75) is 25.6 Å². The first-order chi connectivity index (χ1) is 9.50. The van der Waals surface area contributed by atoms with E-state index < -0.39 is 8.56 Å². The summed E-state index contributed by atoms with van der Waals surface area (Å²) in [7, 11) is 2.27. The number of hydrogen-bond donors (Lipinski definition) is 0. The second kappa shape index (κ2) is 7.42. The van der Waals surface area contributed by atoms with Crippen LogP contribution in [0.15, 0.2) is 24.3 Å². The van der Waals surface area contributed by atoms with E-state index in [4.69, 9.17) is 13.6 Å². The lowest BCUT2D eigenvalue weighted by atomic mass is 10.2. The van der Waals surface area contributed by atoms with Crippen LogP contribution in [-0.4, -0.2) is 41.6 Å². The second-order valence-electron chi connectivity index (χ2n) is 4.45. The monoisotopic (exact) mass is 298 g/mol. The van der Waals surface area contributed by atoms with Crippen LogP contribution in [0.4, 0.5) is 0 Å². The van der Waals surface area contributed by atoms with Gasteiger partial charge in [-0.05, 0) is 37.2 Å². The standard InChI is InChI=1S/C14H22O5Si/c1-6-13(20(5,17-3)18-4)19-12-9-7-11(8-10-12)14(15)16-2/h7-10,13H,6H2,1-5H3. The lowest BCUT2D eigenvalue weighted by molar-refractivity contribution is 0.0600. The molecule has 6 heteroatoms. The van der Waals surface area contributed by atoms with Crippen molar-refractivity contribution in [3.05, 3.63) is 29.8 Å². The molecule has 0 radical (unpaired) electrons. The van der Waals surface area contributed by atoms with Gasteiger partial charge in [0.15, 0.2) is 0 Å². The zero-order valence-electron chi connectivity index (χ0n) is 12.6. The average molecular weight is 298 g/mol. The highest BCUT2D eigenvalue weighted by atomic mass is 28.4. The van der Waals surface area contributed by atoms with Gasteiger partial charge in [-0.1, -0.05) is 6.92 Å². The molecule has 5 nitrogen and oxygen atoms in total. The fourth-order valence-electron chi connectivity index (χ4n) is 1.86. The van der Waals surface area contributed by atoms with Gasteiger partial charge >= 0.3 is 14.5 Å². The molecule has 0 aromatic heterocycles. The maximum Gasteiger partial charge on any atom is 0.376 e. The summed E-state index contributed by atoms with van der Waals surface area (Å²) < 4.78 is 21.6. The molecular formula is C14H22O5Si. The third kappa shape index (κ3) is 3.81. The molecule has 0 aliphatic rings. The highest BCUT2D eigenvalue weighted by Gasteiger charge is 2.40. The van der Waals surface area contributed by atoms with Crippen LogP contribution in [0.25, 0.3) is 0 Å². The lowest BCUT2D eigenvalue weighted by Gasteiger charge is -2.31. The van der Waals surface area contributed by atoms with Crippen molar-refractivity contribution >= 4 is 14.5 Å². The molecular weight excluding hydrogens is 276 g/mol. The van der Waals surface area contributed by atoms with E-state index in [1.165, 1.54) is 7.11 Å². The molecule has 0 aliphatic carbocycles. The summed E-state index contributed by atoms with van der Waals surface area (Å²) in [5.41, 5.74) is 0.368. The Bertz CT molecular complexity index is 428. The highest BCUT2D eigenvalue weighted by molar-refractivity contribution is 6.67. The first-order valence-corrected chi connectivity index (χ1v) is 8.85. The van der Waals surface area contributed by atoms with Gasteiger partial charge in [-0.2, -0.15) is 0 Å². The summed E-state index contributed by atoms with van der Waals surface area (Å²) >= 11 is 0. The molecule has 1 unspecified atom stereocenters. The van der Waals surface area contributed by atoms with Crippen molar-refractivity contribution in [3.8, 4) is 5.75 Å². The number of methoxy groups -OCH3 is 1. The van der Waals surface area contributed by atoms with E-state index in [9.17, 15) is 4.79 Å². The Morgan fingerprint density at radius 2 is 1.70 bits per heavy atom. The van der Waals surface area contributed by atoms with Crippen LogP contribution in [0, 0.1) is 0 Å². The number of carbonyl (C=O) groups excluding carboxylic acids is 1. The van der Waals surface area contributed by atoms with Crippen molar-refractivity contribution in [2.75, 3.05) is 21.3 Å². The van der Waals surface area contributed by atoms with E-state index in [1.807, 2.05) is 13.5 Å². The van der Waals surface area contributed by atoms with Crippen LogP contribution >= 0.6 is 0 Å². The quantitative estimate of drug-likeness (QED) is 0.572. The summed E-state index contributed by atoms with van der Waals surface area (Å²) in [6.45, 7) is 3.99. The normalized spacial score (nSPS) is 12.8. The predicted octanol–water partition coefficient (Wildman–Crippen LogP) is 2.53. The molecule has 0 bridgehead atoms. The first-order valence-electron chi connectivity index (χ1n) is 6.46. The minimum Gasteiger partial charge on any atom is -0.488 e. The van der Waals surface area contributed by atoms with Crippen LogP contribution in [0.5, 0.6) is 5.75 Å². The second-order valence-corrected chi connectivity index (χ2v) is 7.95. The van der Waals surface area contributed by atoms with Gasteiger partial charge in [0, 0.05) is 14.2 Å². The van der Waals surface area contributed by atoms with E-state index in [0.717, 1.165) is 6.42 Å². The zero-order chi connectivity index (χ0) is 15.2. The maximum atomic E-state index is 11.4. The molecule has 1 aromatic rings. The molecule has 0 spiro atoms. The van der Waals surface area contributed by atoms with E-state index in [0.29, 0.717) is 11.3 Å². The van der Waals surface area contributed by atoms with Gasteiger partial charge in [0.25, 0.3) is 0 Å². The fourth-order valence-corrected chi connectivity index (χ4v) is 3.64. The Morgan fingerprint density at radius 3 is 2.10 bits per heavy atom. The Labute approximate surface area is 121 Å². The third-order valence-electron chi connectivity index (χ3n) is 3.32. The summed E-state index contributed by atoms with van der Waals surface area (Å²) in [6.07, 6.45) is 0.781. The van der Waals surface area contributed by atoms with E-state index >= 15 is 0 Å². The number of ether oxygens (including phenoxy) is 2. The topological polar surface area (TPSA) is 54.0 Å². The molecule has 1 rings (SSSR count). The van der Waals surface area contributed by atoms with Crippen LogP contribution in [0.1, 0.15) is 23.7 Å². The van der Waals surface area contributed by atoms with E-state index in [2.05, 4.69) is 4.74 Å². The SMILES string of the molecule is CCC(Oc1ccc(C(=O)OC)cc1)[Si](C)(OC)OC. The first kappa shape index (κ1) is 16.7. The number of benzene rings is 1. The molecule has 0 aliphatic heterocycles. The molecule has 0 saturated heterocycles. The van der Waals surface area contributed by atoms with Crippen LogP contribution in [0.2, 0.25) is 6.55 Å². The molecule has 0 N–H and O–H groups in total. The molecule has 0 heterocycles. The number of hydrogen-bond acceptors (Lipinski definition) is 5. The predicted molar refractivity (Wildman–Crippen MR) is 78.1 cm³/mol. The molecule has 0 saturated carbocycles. The smallest absolute Gasteiger partial charge is 0.376 e. The minimum absolute atomic E-state index is 0.124. The van der Waals surface area contributed by atoms with Gasteiger partial charge in [0.1, 0.15) is 11.5 Å². The van der Waals surface area contributed by atoms with Crippen LogP contribution < -0.4 is 4.74 Å². The van der Waals surface area contributed by atoms with Gasteiger partial charge in [0.2, 0.25) is 0 Å². The molecule has 1 atom stereocenters. The van der Waals surface area contributed by atoms with Crippen LogP contribution in [-0.2, 0) is 13.6 Å². The van der Waals surface area contributed by atoms with Gasteiger partial charge in [0.05, 0.1) is 12.7 Å². The largest absolute Gasteiger partial charge is 0.488 e. The molecule has 20 heavy (non-hydrogen) atoms. The zero-order valence-corrected chi connectivity index (χ0v) is 13.6. The lowest BCUT2D eigenvalue weighted by Crippen LogP contribution is -2.52. The van der Waals surface area contributed by atoms with Gasteiger partial charge < -0.3 is 18.3 Å². The summed E-state index contributed by atoms with van der Waals surface area (Å²) in [5, 5.41) is 0. The van der Waals surface area contributed by atoms with Crippen molar-refractivity contribution in [1.29, 1.82) is 0 Å². The van der Waals surface area contributed by atoms with E-state index in [-0.39, 0.29) is 11.7 Å².